The van der Waals surface area contributed by atoms with Gasteiger partial charge in [0.15, 0.2) is 5.65 Å². The number of aromatic nitrogens is 4. The van der Waals surface area contributed by atoms with Crippen LogP contribution >= 0.6 is 0 Å². The maximum atomic E-state index is 6.03. The molecule has 72 valence electrons. The Morgan fingerprint density at radius 3 is 3.07 bits per heavy atom. The maximum Gasteiger partial charge on any atom is 0.179 e. The van der Waals surface area contributed by atoms with Gasteiger partial charge in [0.05, 0.1) is 6.20 Å². The summed E-state index contributed by atoms with van der Waals surface area (Å²) in [5, 5.41) is 8.14. The third-order valence-corrected chi connectivity index (χ3v) is 2.69. The average Bonchev–Trinajstić information content (AvgIpc) is 2.77. The van der Waals surface area contributed by atoms with E-state index in [1.807, 2.05) is 10.6 Å². The summed E-state index contributed by atoms with van der Waals surface area (Å²) in [5.41, 5.74) is 6.79. The maximum absolute atomic E-state index is 6.03. The summed E-state index contributed by atoms with van der Waals surface area (Å²) in [6.45, 7) is 0. The summed E-state index contributed by atoms with van der Waals surface area (Å²) in [6.07, 6.45) is 8.29. The largest absolute Gasteiger partial charge is 0.325 e. The Morgan fingerprint density at radius 2 is 2.29 bits per heavy atom. The number of rotatable bonds is 2. The molecule has 0 amide bonds. The Balaban J connectivity index is 2.04. The van der Waals surface area contributed by atoms with Crippen molar-refractivity contribution in [3.8, 4) is 0 Å². The number of nitrogens with two attached hydrogens (primary N) is 1. The summed E-state index contributed by atoms with van der Waals surface area (Å²) in [4.78, 5) is 3.98. The first-order valence-electron chi connectivity index (χ1n) is 4.69. The van der Waals surface area contributed by atoms with E-state index in [-0.39, 0.29) is 5.54 Å². The second kappa shape index (κ2) is 2.51. The molecule has 2 aromatic rings. The molecule has 1 aliphatic carbocycles. The Morgan fingerprint density at radius 1 is 1.43 bits per heavy atom. The van der Waals surface area contributed by atoms with E-state index in [1.165, 1.54) is 0 Å². The molecule has 2 N–H and O–H groups in total. The predicted octanol–water partition coefficient (Wildman–Crippen LogP) is 0.158. The molecular formula is C9H11N5. The Labute approximate surface area is 81.0 Å². The molecule has 0 aromatic carbocycles. The lowest BCUT2D eigenvalue weighted by atomic mass is 10.2. The molecule has 0 radical (unpaired) electrons. The Hall–Kier alpha value is -1.49. The summed E-state index contributed by atoms with van der Waals surface area (Å²) in [5.74, 6) is 0.933. The van der Waals surface area contributed by atoms with Gasteiger partial charge in [-0.3, -0.25) is 9.38 Å². The molecule has 1 fully saturated rings. The van der Waals surface area contributed by atoms with E-state index in [4.69, 9.17) is 5.73 Å². The first-order valence-corrected chi connectivity index (χ1v) is 4.69. The molecule has 0 spiro atoms. The molecule has 5 heteroatoms. The monoisotopic (exact) mass is 189 g/mol. The Bertz CT molecular complexity index is 471. The van der Waals surface area contributed by atoms with Gasteiger partial charge in [-0.15, -0.1) is 10.2 Å². The smallest absolute Gasteiger partial charge is 0.179 e. The predicted molar refractivity (Wildman–Crippen MR) is 50.6 cm³/mol. The van der Waals surface area contributed by atoms with Crippen LogP contribution in [-0.2, 0) is 6.42 Å². The molecule has 14 heavy (non-hydrogen) atoms. The highest BCUT2D eigenvalue weighted by Gasteiger charge is 2.39. The van der Waals surface area contributed by atoms with Crippen molar-refractivity contribution in [2.45, 2.75) is 24.8 Å². The van der Waals surface area contributed by atoms with Crippen LogP contribution in [0, 0.1) is 0 Å². The van der Waals surface area contributed by atoms with E-state index in [0.717, 1.165) is 30.7 Å². The van der Waals surface area contributed by atoms with Gasteiger partial charge in [0, 0.05) is 24.4 Å². The molecule has 0 aliphatic heterocycles. The number of hydrogen-bond acceptors (Lipinski definition) is 4. The number of nitrogens with zero attached hydrogens (tertiary/aromatic N) is 4. The molecule has 3 rings (SSSR count). The fourth-order valence-corrected chi connectivity index (χ4v) is 1.58. The zero-order valence-electron chi connectivity index (χ0n) is 7.72. The van der Waals surface area contributed by atoms with Crippen molar-refractivity contribution in [1.29, 1.82) is 0 Å². The molecule has 0 saturated heterocycles. The van der Waals surface area contributed by atoms with Crippen molar-refractivity contribution in [1.82, 2.24) is 19.6 Å². The van der Waals surface area contributed by atoms with E-state index in [1.54, 1.807) is 12.4 Å². The first kappa shape index (κ1) is 7.87. The van der Waals surface area contributed by atoms with Gasteiger partial charge >= 0.3 is 0 Å². The van der Waals surface area contributed by atoms with Crippen LogP contribution in [-0.4, -0.2) is 25.1 Å². The highest BCUT2D eigenvalue weighted by Crippen LogP contribution is 2.35. The lowest BCUT2D eigenvalue weighted by Gasteiger charge is -2.05. The minimum absolute atomic E-state index is 0.0216. The Kier molecular flexibility index (Phi) is 1.41. The standard InChI is InChI=1S/C9H11N5/c10-9(1-2-9)5-7-12-13-8-6-11-3-4-14(7)8/h3-4,6H,1-2,5,10H2. The number of fused-ring (bicyclic) bond motifs is 1. The van der Waals surface area contributed by atoms with Gasteiger partial charge in [-0.1, -0.05) is 0 Å². The lowest BCUT2D eigenvalue weighted by molar-refractivity contribution is 0.638. The third kappa shape index (κ3) is 1.17. The minimum Gasteiger partial charge on any atom is -0.325 e. The van der Waals surface area contributed by atoms with Crippen molar-refractivity contribution in [3.63, 3.8) is 0 Å². The second-order valence-corrected chi connectivity index (χ2v) is 3.96. The molecule has 5 nitrogen and oxygen atoms in total. The van der Waals surface area contributed by atoms with Gasteiger partial charge in [0.1, 0.15) is 5.82 Å². The van der Waals surface area contributed by atoms with Gasteiger partial charge in [0.2, 0.25) is 0 Å². The van der Waals surface area contributed by atoms with Gasteiger partial charge in [-0.2, -0.15) is 0 Å². The normalized spacial score (nSPS) is 18.6. The molecular weight excluding hydrogens is 178 g/mol. The molecule has 1 saturated carbocycles. The summed E-state index contributed by atoms with van der Waals surface area (Å²) < 4.78 is 1.94. The molecule has 0 atom stereocenters. The van der Waals surface area contributed by atoms with Crippen molar-refractivity contribution >= 4 is 5.65 Å². The highest BCUT2D eigenvalue weighted by molar-refractivity contribution is 5.34. The topological polar surface area (TPSA) is 69.1 Å². The SMILES string of the molecule is NC1(Cc2nnc3cnccn23)CC1. The second-order valence-electron chi connectivity index (χ2n) is 3.96. The van der Waals surface area contributed by atoms with E-state index in [0.29, 0.717) is 0 Å². The van der Waals surface area contributed by atoms with Crippen LogP contribution in [0.1, 0.15) is 18.7 Å². The first-order chi connectivity index (χ1) is 6.77. The summed E-state index contributed by atoms with van der Waals surface area (Å²) >= 11 is 0. The lowest BCUT2D eigenvalue weighted by Crippen LogP contribution is -2.25. The quantitative estimate of drug-likeness (QED) is 0.730. The van der Waals surface area contributed by atoms with E-state index in [9.17, 15) is 0 Å². The average molecular weight is 189 g/mol. The zero-order valence-corrected chi connectivity index (χ0v) is 7.72. The van der Waals surface area contributed by atoms with Crippen LogP contribution in [0.2, 0.25) is 0 Å². The molecule has 0 bridgehead atoms. The number of hydrogen-bond donors (Lipinski definition) is 1. The highest BCUT2D eigenvalue weighted by atomic mass is 15.3. The van der Waals surface area contributed by atoms with Gasteiger partial charge in [-0.25, -0.2) is 0 Å². The van der Waals surface area contributed by atoms with Gasteiger partial charge in [0.25, 0.3) is 0 Å². The van der Waals surface area contributed by atoms with Crippen LogP contribution in [0.5, 0.6) is 0 Å². The van der Waals surface area contributed by atoms with E-state index < -0.39 is 0 Å². The van der Waals surface area contributed by atoms with E-state index in [2.05, 4.69) is 15.2 Å². The zero-order chi connectivity index (χ0) is 9.60. The molecule has 2 heterocycles. The fraction of sp³-hybridized carbons (Fsp3) is 0.444. The third-order valence-electron chi connectivity index (χ3n) is 2.69. The van der Waals surface area contributed by atoms with Crippen LogP contribution in [0.25, 0.3) is 5.65 Å². The van der Waals surface area contributed by atoms with Crippen LogP contribution in [0.4, 0.5) is 0 Å². The molecule has 2 aromatic heterocycles. The molecule has 1 aliphatic rings. The fourth-order valence-electron chi connectivity index (χ4n) is 1.58. The van der Waals surface area contributed by atoms with Gasteiger partial charge < -0.3 is 5.73 Å². The summed E-state index contributed by atoms with van der Waals surface area (Å²) in [7, 11) is 0. The van der Waals surface area contributed by atoms with Gasteiger partial charge in [-0.05, 0) is 12.8 Å². The van der Waals surface area contributed by atoms with Crippen molar-refractivity contribution < 1.29 is 0 Å². The minimum atomic E-state index is -0.0216. The van der Waals surface area contributed by atoms with Crippen LogP contribution < -0.4 is 5.73 Å². The van der Waals surface area contributed by atoms with Crippen LogP contribution in [0.15, 0.2) is 18.6 Å². The van der Waals surface area contributed by atoms with Crippen molar-refractivity contribution in [3.05, 3.63) is 24.4 Å². The van der Waals surface area contributed by atoms with Crippen molar-refractivity contribution in [2.24, 2.45) is 5.73 Å². The van der Waals surface area contributed by atoms with Crippen molar-refractivity contribution in [2.75, 3.05) is 0 Å². The molecule has 0 unspecified atom stereocenters. The summed E-state index contributed by atoms with van der Waals surface area (Å²) in [6, 6.07) is 0. The van der Waals surface area contributed by atoms with E-state index >= 15 is 0 Å². The van der Waals surface area contributed by atoms with Crippen LogP contribution in [0.3, 0.4) is 0 Å².